The van der Waals surface area contributed by atoms with Gasteiger partial charge >= 0.3 is 0 Å². The molecule has 0 atom stereocenters. The molecule has 2 heterocycles. The van der Waals surface area contributed by atoms with E-state index in [1.165, 1.54) is 34.9 Å². The van der Waals surface area contributed by atoms with Gasteiger partial charge in [-0.05, 0) is 161 Å². The Kier molecular flexibility index (Phi) is 13.8. The molecule has 0 aliphatic carbocycles. The summed E-state index contributed by atoms with van der Waals surface area (Å²) in [6.45, 7) is 15.2. The number of nitrogen functional groups attached to an aromatic ring is 1. The lowest BCUT2D eigenvalue weighted by Gasteiger charge is -2.10. The first-order chi connectivity index (χ1) is 24.9. The van der Waals surface area contributed by atoms with Crippen LogP contribution in [0.3, 0.4) is 0 Å². The second-order valence-corrected chi connectivity index (χ2v) is 20.0. The lowest BCUT2D eigenvalue weighted by Crippen LogP contribution is -2.05. The largest absolute Gasteiger partial charge is 0.399 e. The number of benzene rings is 4. The Bertz CT molecular complexity index is 2170. The molecule has 53 heavy (non-hydrogen) atoms. The van der Waals surface area contributed by atoms with Crippen LogP contribution in [-0.2, 0) is 9.13 Å². The predicted molar refractivity (Wildman–Crippen MR) is 222 cm³/mol. The van der Waals surface area contributed by atoms with E-state index in [4.69, 9.17) is 17.3 Å². The zero-order valence-corrected chi connectivity index (χ0v) is 33.6. The summed E-state index contributed by atoms with van der Waals surface area (Å²) in [4.78, 5) is 24.3. The molecule has 0 radical (unpaired) electrons. The zero-order chi connectivity index (χ0) is 38.8. The van der Waals surface area contributed by atoms with Crippen LogP contribution in [0.15, 0.2) is 97.6 Å². The van der Waals surface area contributed by atoms with Gasteiger partial charge in [0.1, 0.15) is 26.9 Å². The molecule has 12 nitrogen and oxygen atoms in total. The Balaban J connectivity index is 0.000000200. The second kappa shape index (κ2) is 18.1. The number of anilines is 7. The van der Waals surface area contributed by atoms with E-state index in [0.717, 1.165) is 33.4 Å². The first-order valence-electron chi connectivity index (χ1n) is 16.5. The summed E-state index contributed by atoms with van der Waals surface area (Å²) in [7, 11) is -4.47. The molecular formula is C38H45ClN10O2P2. The Morgan fingerprint density at radius 2 is 0.868 bits per heavy atom. The maximum atomic E-state index is 12.1. The van der Waals surface area contributed by atoms with Crippen LogP contribution in [0.5, 0.6) is 0 Å². The summed E-state index contributed by atoms with van der Waals surface area (Å²) in [5, 5.41) is 11.1. The summed E-state index contributed by atoms with van der Waals surface area (Å²) in [6, 6.07) is 27.0. The molecular weight excluding hydrogens is 726 g/mol. The van der Waals surface area contributed by atoms with Crippen molar-refractivity contribution in [3.63, 3.8) is 0 Å². The molecule has 0 saturated heterocycles. The Labute approximate surface area is 316 Å². The molecule has 0 saturated carbocycles. The van der Waals surface area contributed by atoms with Crippen molar-refractivity contribution in [2.24, 2.45) is 0 Å². The number of aryl methyl sites for hydroxylation is 4. The molecule has 0 aliphatic heterocycles. The van der Waals surface area contributed by atoms with Crippen LogP contribution >= 0.6 is 25.9 Å². The van der Waals surface area contributed by atoms with Gasteiger partial charge in [0.25, 0.3) is 0 Å². The monoisotopic (exact) mass is 770 g/mol. The minimum atomic E-state index is -2.25. The van der Waals surface area contributed by atoms with Gasteiger partial charge in [-0.3, -0.25) is 0 Å². The van der Waals surface area contributed by atoms with Gasteiger partial charge < -0.3 is 30.8 Å². The Morgan fingerprint density at radius 3 is 1.25 bits per heavy atom. The van der Waals surface area contributed by atoms with Crippen LogP contribution in [-0.4, -0.2) is 56.6 Å². The van der Waals surface area contributed by atoms with Crippen molar-refractivity contribution >= 4 is 77.1 Å². The van der Waals surface area contributed by atoms with Crippen molar-refractivity contribution in [1.82, 2.24) is 29.9 Å². The summed E-state index contributed by atoms with van der Waals surface area (Å²) in [5.41, 5.74) is 13.8. The number of hydrogen-bond donors (Lipinski definition) is 4. The number of aromatic nitrogens is 6. The van der Waals surface area contributed by atoms with Crippen molar-refractivity contribution in [2.75, 3.05) is 48.3 Å². The number of hydrogen-bond acceptors (Lipinski definition) is 12. The summed E-state index contributed by atoms with van der Waals surface area (Å²) in [5.74, 6) is 1.28. The molecule has 4 aromatic carbocycles. The lowest BCUT2D eigenvalue weighted by molar-refractivity contribution is 0.587. The van der Waals surface area contributed by atoms with Gasteiger partial charge in [0, 0.05) is 33.4 Å². The summed E-state index contributed by atoms with van der Waals surface area (Å²) in [6.07, 6.45) is 2.79. The van der Waals surface area contributed by atoms with Crippen LogP contribution in [0, 0.1) is 27.7 Å². The SMILES string of the molecule is CP(C)(=O)c1ccc(Nc2ncnc(Cl)n2)cc1.Cc1cc(C)cc(N)c1.Cc1cc(C)cc(Nc2ncnc(Nc3ccc(P(C)(C)=O)cc3)n2)c1. The fraction of sp³-hybridized carbons (Fsp3) is 0.211. The van der Waals surface area contributed by atoms with E-state index in [1.807, 2.05) is 100 Å². The minimum Gasteiger partial charge on any atom is -0.399 e. The van der Waals surface area contributed by atoms with E-state index < -0.39 is 14.3 Å². The molecule has 0 spiro atoms. The molecule has 15 heteroatoms. The van der Waals surface area contributed by atoms with E-state index in [1.54, 1.807) is 26.7 Å². The lowest BCUT2D eigenvalue weighted by atomic mass is 10.1. The smallest absolute Gasteiger partial charge is 0.232 e. The first kappa shape index (κ1) is 40.6. The van der Waals surface area contributed by atoms with Crippen LogP contribution in [0.1, 0.15) is 22.3 Å². The highest BCUT2D eigenvalue weighted by atomic mass is 35.5. The number of nitrogens with zero attached hydrogens (tertiary/aromatic N) is 6. The third kappa shape index (κ3) is 13.7. The Hall–Kier alpha value is -5.15. The molecule has 2 aromatic heterocycles. The molecule has 0 unspecified atom stereocenters. The van der Waals surface area contributed by atoms with E-state index in [2.05, 4.69) is 58.0 Å². The standard InChI is InChI=1S/C19H22N5OP.C11H12ClN4OP.C8H11N/c1-13-9-14(2)11-16(10-13)23-19-21-12-20-18(24-19)22-15-5-7-17(8-6-15)26(3,4)25;1-18(2,17)9-5-3-8(4-6-9)15-11-14-7-13-10(12)16-11;1-6-3-7(2)5-8(9)4-6/h5-12H,1-4H3,(H2,20,21,22,23,24);3-7H,1-2H3,(H,13,14,15,16);3-5H,9H2,1-2H3. The fourth-order valence-electron chi connectivity index (χ4n) is 5.00. The highest BCUT2D eigenvalue weighted by Gasteiger charge is 2.12. The van der Waals surface area contributed by atoms with Gasteiger partial charge in [-0.25, -0.2) is 19.9 Å². The van der Waals surface area contributed by atoms with Crippen molar-refractivity contribution in [2.45, 2.75) is 27.7 Å². The number of rotatable bonds is 8. The van der Waals surface area contributed by atoms with E-state index in [-0.39, 0.29) is 5.28 Å². The van der Waals surface area contributed by atoms with Gasteiger partial charge in [-0.15, -0.1) is 0 Å². The maximum absolute atomic E-state index is 12.1. The van der Waals surface area contributed by atoms with E-state index in [9.17, 15) is 9.13 Å². The number of nitrogens with two attached hydrogens (primary N) is 1. The van der Waals surface area contributed by atoms with Gasteiger partial charge in [0.2, 0.25) is 23.1 Å². The van der Waals surface area contributed by atoms with Crippen molar-refractivity contribution in [3.8, 4) is 0 Å². The average molecular weight is 771 g/mol. The summed E-state index contributed by atoms with van der Waals surface area (Å²) < 4.78 is 23.9. The van der Waals surface area contributed by atoms with Crippen LogP contribution in [0.4, 0.5) is 40.6 Å². The number of halogens is 1. The van der Waals surface area contributed by atoms with Crippen LogP contribution in [0.2, 0.25) is 5.28 Å². The normalized spacial score (nSPS) is 11.0. The van der Waals surface area contributed by atoms with Gasteiger partial charge in [-0.2, -0.15) is 9.97 Å². The minimum absolute atomic E-state index is 0.135. The average Bonchev–Trinajstić information content (AvgIpc) is 3.04. The van der Waals surface area contributed by atoms with E-state index >= 15 is 0 Å². The highest BCUT2D eigenvalue weighted by molar-refractivity contribution is 7.70. The van der Waals surface area contributed by atoms with Crippen molar-refractivity contribution in [1.29, 1.82) is 0 Å². The molecule has 6 aromatic rings. The van der Waals surface area contributed by atoms with Crippen molar-refractivity contribution < 1.29 is 9.13 Å². The molecule has 0 aliphatic rings. The molecule has 5 N–H and O–H groups in total. The summed E-state index contributed by atoms with van der Waals surface area (Å²) >= 11 is 5.66. The van der Waals surface area contributed by atoms with E-state index in [0.29, 0.717) is 17.8 Å². The van der Waals surface area contributed by atoms with Crippen LogP contribution in [0.25, 0.3) is 0 Å². The fourth-order valence-corrected chi connectivity index (χ4v) is 6.86. The molecule has 0 amide bonds. The molecule has 276 valence electrons. The first-order valence-corrected chi connectivity index (χ1v) is 22.1. The molecule has 0 bridgehead atoms. The molecule has 6 rings (SSSR count). The van der Waals surface area contributed by atoms with Crippen LogP contribution < -0.4 is 32.3 Å². The van der Waals surface area contributed by atoms with Gasteiger partial charge in [-0.1, -0.05) is 12.1 Å². The van der Waals surface area contributed by atoms with Crippen molar-refractivity contribution in [3.05, 3.63) is 125 Å². The third-order valence-corrected chi connectivity index (χ3v) is 10.6. The maximum Gasteiger partial charge on any atom is 0.232 e. The second-order valence-electron chi connectivity index (χ2n) is 13.2. The van der Waals surface area contributed by atoms with Gasteiger partial charge in [0.15, 0.2) is 0 Å². The Morgan fingerprint density at radius 1 is 0.509 bits per heavy atom. The zero-order valence-electron chi connectivity index (χ0n) is 31.1. The van der Waals surface area contributed by atoms with Gasteiger partial charge in [0.05, 0.1) is 0 Å². The predicted octanol–water partition coefficient (Wildman–Crippen LogP) is 8.63. The molecule has 0 fully saturated rings. The number of nitrogens with one attached hydrogen (secondary N) is 3. The topological polar surface area (TPSA) is 174 Å². The third-order valence-electron chi connectivity index (χ3n) is 7.33. The quantitative estimate of drug-likeness (QED) is 0.0858. The highest BCUT2D eigenvalue weighted by Crippen LogP contribution is 2.35.